The van der Waals surface area contributed by atoms with Gasteiger partial charge in [0.1, 0.15) is 12.7 Å². The molecule has 0 radical (unpaired) electrons. The number of amides is 1. The molecule has 0 aliphatic carbocycles. The van der Waals surface area contributed by atoms with Gasteiger partial charge in [0.25, 0.3) is 0 Å². The van der Waals surface area contributed by atoms with Crippen molar-refractivity contribution in [1.82, 2.24) is 25.0 Å². The second-order valence-corrected chi connectivity index (χ2v) is 5.12. The fourth-order valence-corrected chi connectivity index (χ4v) is 2.54. The molecular weight excluding hydrogens is 278 g/mol. The number of piperidine rings is 1. The maximum Gasteiger partial charge on any atom is 0.224 e. The third kappa shape index (κ3) is 5.09. The van der Waals surface area contributed by atoms with Gasteiger partial charge in [0.15, 0.2) is 0 Å². The number of aromatic nitrogens is 3. The van der Waals surface area contributed by atoms with E-state index in [1.54, 1.807) is 11.0 Å². The lowest BCUT2D eigenvalue weighted by Gasteiger charge is -2.32. The molecule has 20 heavy (non-hydrogen) atoms. The van der Waals surface area contributed by atoms with Gasteiger partial charge in [-0.25, -0.2) is 4.98 Å². The number of hydrogen-bond acceptors (Lipinski definition) is 4. The van der Waals surface area contributed by atoms with E-state index in [-0.39, 0.29) is 18.3 Å². The summed E-state index contributed by atoms with van der Waals surface area (Å²) in [7, 11) is 1.99. The topological polar surface area (TPSA) is 63.1 Å². The van der Waals surface area contributed by atoms with E-state index >= 15 is 0 Å². The van der Waals surface area contributed by atoms with Crippen LogP contribution in [0.2, 0.25) is 0 Å². The van der Waals surface area contributed by atoms with Crippen molar-refractivity contribution < 1.29 is 4.79 Å². The van der Waals surface area contributed by atoms with E-state index in [0.717, 1.165) is 38.4 Å². The number of likely N-dealkylation sites (tertiary alicyclic amines) is 1. The quantitative estimate of drug-likeness (QED) is 0.849. The average molecular weight is 302 g/mol. The van der Waals surface area contributed by atoms with Crippen LogP contribution in [-0.4, -0.2) is 52.3 Å². The summed E-state index contributed by atoms with van der Waals surface area (Å²) >= 11 is 0. The second kappa shape index (κ2) is 8.92. The molecule has 1 aromatic rings. The third-order valence-electron chi connectivity index (χ3n) is 3.79. The summed E-state index contributed by atoms with van der Waals surface area (Å²) in [5.74, 6) is 1.01. The number of rotatable bonds is 6. The van der Waals surface area contributed by atoms with Crippen LogP contribution < -0.4 is 5.32 Å². The van der Waals surface area contributed by atoms with Gasteiger partial charge in [-0.1, -0.05) is 0 Å². The SMILES string of the molecule is CNCCC1CCN(C(=O)CCn2cncn2)CC1.Cl. The first kappa shape index (κ1) is 16.9. The number of halogens is 1. The van der Waals surface area contributed by atoms with Gasteiger partial charge in [-0.15, -0.1) is 12.4 Å². The number of nitrogens with one attached hydrogen (secondary N) is 1. The molecule has 114 valence electrons. The van der Waals surface area contributed by atoms with Crippen molar-refractivity contribution in [1.29, 1.82) is 0 Å². The highest BCUT2D eigenvalue weighted by Crippen LogP contribution is 2.20. The highest BCUT2D eigenvalue weighted by Gasteiger charge is 2.22. The second-order valence-electron chi connectivity index (χ2n) is 5.12. The maximum absolute atomic E-state index is 12.1. The maximum atomic E-state index is 12.1. The fourth-order valence-electron chi connectivity index (χ4n) is 2.54. The summed E-state index contributed by atoms with van der Waals surface area (Å²) in [5.41, 5.74) is 0. The van der Waals surface area contributed by atoms with Crippen LogP contribution in [0.25, 0.3) is 0 Å². The molecule has 1 amide bonds. The van der Waals surface area contributed by atoms with E-state index in [1.165, 1.54) is 12.7 Å². The Hall–Kier alpha value is -1.14. The zero-order valence-electron chi connectivity index (χ0n) is 12.0. The van der Waals surface area contributed by atoms with Crippen molar-refractivity contribution in [2.45, 2.75) is 32.2 Å². The smallest absolute Gasteiger partial charge is 0.224 e. The van der Waals surface area contributed by atoms with Gasteiger partial charge >= 0.3 is 0 Å². The Balaban J connectivity index is 0.00000200. The van der Waals surface area contributed by atoms with E-state index < -0.39 is 0 Å². The molecule has 1 aliphatic rings. The summed E-state index contributed by atoms with van der Waals surface area (Å²) in [6.45, 7) is 3.51. The molecule has 1 aromatic heterocycles. The molecule has 7 heteroatoms. The summed E-state index contributed by atoms with van der Waals surface area (Å²) < 4.78 is 1.71. The van der Waals surface area contributed by atoms with Crippen molar-refractivity contribution in [2.24, 2.45) is 5.92 Å². The van der Waals surface area contributed by atoms with Crippen molar-refractivity contribution in [3.8, 4) is 0 Å². The molecule has 2 rings (SSSR count). The van der Waals surface area contributed by atoms with E-state index in [1.807, 2.05) is 11.9 Å². The standard InChI is InChI=1S/C13H23N5O.ClH/c1-14-6-2-12-3-7-17(8-4-12)13(19)5-9-18-11-15-10-16-18;/h10-12,14H,2-9H2,1H3;1H. The van der Waals surface area contributed by atoms with Crippen LogP contribution in [0.4, 0.5) is 0 Å². The molecule has 0 atom stereocenters. The number of hydrogen-bond donors (Lipinski definition) is 1. The van der Waals surface area contributed by atoms with E-state index in [4.69, 9.17) is 0 Å². The van der Waals surface area contributed by atoms with E-state index in [2.05, 4.69) is 15.4 Å². The summed E-state index contributed by atoms with van der Waals surface area (Å²) in [6, 6.07) is 0. The molecule has 1 saturated heterocycles. The molecule has 1 N–H and O–H groups in total. The number of nitrogens with zero attached hydrogens (tertiary/aromatic N) is 4. The predicted molar refractivity (Wildman–Crippen MR) is 79.7 cm³/mol. The highest BCUT2D eigenvalue weighted by atomic mass is 35.5. The molecular formula is C13H24ClN5O. The molecule has 0 spiro atoms. The predicted octanol–water partition coefficient (Wildman–Crippen LogP) is 0.938. The van der Waals surface area contributed by atoms with Crippen LogP contribution in [0.15, 0.2) is 12.7 Å². The Labute approximate surface area is 126 Å². The molecule has 1 aliphatic heterocycles. The molecule has 0 saturated carbocycles. The lowest BCUT2D eigenvalue weighted by atomic mass is 9.93. The molecule has 0 unspecified atom stereocenters. The van der Waals surface area contributed by atoms with Crippen LogP contribution in [0.3, 0.4) is 0 Å². The van der Waals surface area contributed by atoms with Gasteiger partial charge in [0, 0.05) is 19.5 Å². The number of carbonyl (C=O) groups excluding carboxylic acids is 1. The number of aryl methyl sites for hydroxylation is 1. The van der Waals surface area contributed by atoms with Crippen molar-refractivity contribution in [3.63, 3.8) is 0 Å². The minimum atomic E-state index is 0. The summed E-state index contributed by atoms with van der Waals surface area (Å²) in [5, 5.41) is 7.20. The Morgan fingerprint density at radius 1 is 1.40 bits per heavy atom. The molecule has 2 heterocycles. The first-order valence-corrected chi connectivity index (χ1v) is 7.04. The van der Waals surface area contributed by atoms with Gasteiger partial charge < -0.3 is 10.2 Å². The molecule has 0 aromatic carbocycles. The Bertz CT molecular complexity index is 376. The first-order chi connectivity index (χ1) is 9.29. The fraction of sp³-hybridized carbons (Fsp3) is 0.769. The Kier molecular flexibility index (Phi) is 7.54. The normalized spacial score (nSPS) is 15.9. The monoisotopic (exact) mass is 301 g/mol. The zero-order chi connectivity index (χ0) is 13.5. The largest absolute Gasteiger partial charge is 0.343 e. The van der Waals surface area contributed by atoms with Crippen LogP contribution in [0.5, 0.6) is 0 Å². The van der Waals surface area contributed by atoms with Crippen molar-refractivity contribution >= 4 is 18.3 Å². The first-order valence-electron chi connectivity index (χ1n) is 7.04. The third-order valence-corrected chi connectivity index (χ3v) is 3.79. The van der Waals surface area contributed by atoms with Gasteiger partial charge in [0.2, 0.25) is 5.91 Å². The van der Waals surface area contributed by atoms with Gasteiger partial charge in [-0.05, 0) is 38.8 Å². The van der Waals surface area contributed by atoms with Crippen LogP contribution in [0, 0.1) is 5.92 Å². The van der Waals surface area contributed by atoms with E-state index in [0.29, 0.717) is 13.0 Å². The minimum absolute atomic E-state index is 0. The van der Waals surface area contributed by atoms with Crippen LogP contribution in [-0.2, 0) is 11.3 Å². The zero-order valence-corrected chi connectivity index (χ0v) is 12.8. The minimum Gasteiger partial charge on any atom is -0.343 e. The van der Waals surface area contributed by atoms with E-state index in [9.17, 15) is 4.79 Å². The molecule has 1 fully saturated rings. The summed E-state index contributed by atoms with van der Waals surface area (Å²) in [4.78, 5) is 17.9. The van der Waals surface area contributed by atoms with Gasteiger partial charge in [-0.3, -0.25) is 9.48 Å². The van der Waals surface area contributed by atoms with Crippen molar-refractivity contribution in [3.05, 3.63) is 12.7 Å². The Morgan fingerprint density at radius 3 is 2.75 bits per heavy atom. The average Bonchev–Trinajstić information content (AvgIpc) is 2.96. The highest BCUT2D eigenvalue weighted by molar-refractivity contribution is 5.85. The Morgan fingerprint density at radius 2 is 2.15 bits per heavy atom. The molecule has 0 bridgehead atoms. The number of carbonyl (C=O) groups is 1. The summed E-state index contributed by atoms with van der Waals surface area (Å²) in [6.07, 6.45) is 7.16. The van der Waals surface area contributed by atoms with Crippen molar-refractivity contribution in [2.75, 3.05) is 26.7 Å². The van der Waals surface area contributed by atoms with Crippen LogP contribution >= 0.6 is 12.4 Å². The van der Waals surface area contributed by atoms with Crippen LogP contribution in [0.1, 0.15) is 25.7 Å². The lowest BCUT2D eigenvalue weighted by Crippen LogP contribution is -2.39. The lowest BCUT2D eigenvalue weighted by molar-refractivity contribution is -0.132. The van der Waals surface area contributed by atoms with Gasteiger partial charge in [-0.2, -0.15) is 5.10 Å². The molecule has 6 nitrogen and oxygen atoms in total. The van der Waals surface area contributed by atoms with Gasteiger partial charge in [0.05, 0.1) is 6.54 Å².